The molecule has 0 bridgehead atoms. The summed E-state index contributed by atoms with van der Waals surface area (Å²) in [6, 6.07) is 0. The van der Waals surface area contributed by atoms with Gasteiger partial charge in [-0.1, -0.05) is 11.8 Å². The molecule has 0 atom stereocenters. The molecular weight excluding hydrogens is 118 g/mol. The van der Waals surface area contributed by atoms with Crippen molar-refractivity contribution in [3.8, 4) is 0 Å². The second-order valence-corrected chi connectivity index (χ2v) is 0. The van der Waals surface area contributed by atoms with Crippen molar-refractivity contribution in [2.75, 3.05) is 0 Å². The summed E-state index contributed by atoms with van der Waals surface area (Å²) in [5.41, 5.74) is 0. The molecule has 0 spiro atoms. The van der Waals surface area contributed by atoms with Gasteiger partial charge < -0.3 is 0 Å². The molecule has 0 aromatic rings. The van der Waals surface area contributed by atoms with Gasteiger partial charge in [0.1, 0.15) is 0 Å². The van der Waals surface area contributed by atoms with E-state index in [2.05, 4.69) is 19.8 Å². The molecule has 0 aliphatic heterocycles. The van der Waals surface area contributed by atoms with E-state index in [1.807, 2.05) is 0 Å². The number of hydrogen-bond acceptors (Lipinski definition) is 1. The topological polar surface area (TPSA) is 0 Å². The molecular formula is HLiPSTi. The second-order valence-electron chi connectivity index (χ2n) is 0. The fraction of sp³-hybridized carbons (Fsp3) is 0. The molecule has 0 saturated carbocycles. The average molecular weight is 119 g/mol. The van der Waals surface area contributed by atoms with Crippen molar-refractivity contribution >= 4 is 38.7 Å². The SMILES string of the molecule is P=S.[Li].[Ti]. The van der Waals surface area contributed by atoms with Gasteiger partial charge in [0.05, 0.1) is 0 Å². The molecule has 0 saturated heterocycles. The third-order valence-electron chi connectivity index (χ3n) is 0. The number of rotatable bonds is 0. The molecule has 0 aromatic carbocycles. The van der Waals surface area contributed by atoms with E-state index in [9.17, 15) is 0 Å². The molecule has 0 aliphatic carbocycles. The Kier molecular flexibility index (Phi) is 89.7. The zero-order chi connectivity index (χ0) is 2.00. The van der Waals surface area contributed by atoms with Crippen LogP contribution in [0.4, 0.5) is 0 Å². The fourth-order valence-electron chi connectivity index (χ4n) is 0. The van der Waals surface area contributed by atoms with Gasteiger partial charge in [-0.05, 0) is 8.02 Å². The smallest absolute Gasteiger partial charge is 0 e. The summed E-state index contributed by atoms with van der Waals surface area (Å²) in [6.45, 7) is 0. The van der Waals surface area contributed by atoms with Crippen molar-refractivity contribution in [1.29, 1.82) is 0 Å². The first kappa shape index (κ1) is 17.0. The van der Waals surface area contributed by atoms with E-state index in [-0.39, 0.29) is 40.6 Å². The molecule has 0 fully saturated rings. The van der Waals surface area contributed by atoms with Crippen molar-refractivity contribution in [3.63, 3.8) is 0 Å². The van der Waals surface area contributed by atoms with Gasteiger partial charge in [0.25, 0.3) is 0 Å². The van der Waals surface area contributed by atoms with Crippen molar-refractivity contribution < 1.29 is 21.7 Å². The molecule has 0 nitrogen and oxygen atoms in total. The summed E-state index contributed by atoms with van der Waals surface area (Å²) in [6.07, 6.45) is 0. The van der Waals surface area contributed by atoms with Gasteiger partial charge in [0.15, 0.2) is 0 Å². The molecule has 0 heterocycles. The molecule has 0 rings (SSSR count). The van der Waals surface area contributed by atoms with Crippen LogP contribution in [0, 0.1) is 0 Å². The van der Waals surface area contributed by atoms with Crippen LogP contribution >= 0.6 is 8.02 Å². The van der Waals surface area contributed by atoms with Crippen molar-refractivity contribution in [1.82, 2.24) is 0 Å². The Hall–Kier alpha value is 1.83. The standard InChI is InChI=1S/Li.HPS.Ti/c;1-2;/h;1H;. The fourth-order valence-corrected chi connectivity index (χ4v) is 0. The van der Waals surface area contributed by atoms with E-state index < -0.39 is 0 Å². The molecule has 0 aliphatic rings. The van der Waals surface area contributed by atoms with Gasteiger partial charge in [0, 0.05) is 40.6 Å². The molecule has 0 unspecified atom stereocenters. The van der Waals surface area contributed by atoms with E-state index in [0.717, 1.165) is 0 Å². The van der Waals surface area contributed by atoms with E-state index >= 15 is 0 Å². The normalized spacial score (nSPS) is 1.00. The van der Waals surface area contributed by atoms with Crippen molar-refractivity contribution in [2.45, 2.75) is 0 Å². The van der Waals surface area contributed by atoms with Gasteiger partial charge in [-0.2, -0.15) is 0 Å². The van der Waals surface area contributed by atoms with Crippen LogP contribution in [0.5, 0.6) is 0 Å². The van der Waals surface area contributed by atoms with Crippen LogP contribution in [0.3, 0.4) is 0 Å². The van der Waals surface area contributed by atoms with Crippen LogP contribution in [-0.2, 0) is 33.5 Å². The molecule has 4 heavy (non-hydrogen) atoms. The maximum Gasteiger partial charge on any atom is 0 e. The van der Waals surface area contributed by atoms with Crippen LogP contribution in [-0.4, -0.2) is 18.9 Å². The monoisotopic (exact) mass is 119 g/mol. The third-order valence-corrected chi connectivity index (χ3v) is 0. The van der Waals surface area contributed by atoms with Crippen LogP contribution in [0.1, 0.15) is 0 Å². The number of hydrogen-bond donors (Lipinski definition) is 0. The maximum absolute atomic E-state index is 3.89. The van der Waals surface area contributed by atoms with Gasteiger partial charge in [-0.3, -0.25) is 0 Å². The van der Waals surface area contributed by atoms with E-state index in [1.165, 1.54) is 0 Å². The first-order chi connectivity index (χ1) is 1.00. The van der Waals surface area contributed by atoms with Crippen molar-refractivity contribution in [2.24, 2.45) is 0 Å². The Morgan fingerprint density at radius 2 is 1.25 bits per heavy atom. The van der Waals surface area contributed by atoms with E-state index in [0.29, 0.717) is 0 Å². The summed E-state index contributed by atoms with van der Waals surface area (Å²) in [7, 11) is 2.56. The summed E-state index contributed by atoms with van der Waals surface area (Å²) >= 11 is 3.89. The Balaban J connectivity index is -0.00000000500. The zero-order valence-corrected chi connectivity index (χ0v) is 5.79. The summed E-state index contributed by atoms with van der Waals surface area (Å²) in [5, 5.41) is 0. The Morgan fingerprint density at radius 1 is 1.25 bits per heavy atom. The minimum Gasteiger partial charge on any atom is -0.0615 e. The van der Waals surface area contributed by atoms with Gasteiger partial charge in [0.2, 0.25) is 0 Å². The zero-order valence-electron chi connectivity index (χ0n) is 2.41. The second kappa shape index (κ2) is 21.1. The van der Waals surface area contributed by atoms with Crippen LogP contribution in [0.25, 0.3) is 0 Å². The predicted octanol–water partition coefficient (Wildman–Crippen LogP) is 0.208. The molecule has 17 valence electrons. The first-order valence-electron chi connectivity index (χ1n) is 0.204. The predicted molar refractivity (Wildman–Crippen MR) is 21.4 cm³/mol. The van der Waals surface area contributed by atoms with Gasteiger partial charge in [-0.15, -0.1) is 0 Å². The minimum absolute atomic E-state index is 0. The molecule has 4 heteroatoms. The quantitative estimate of drug-likeness (QED) is 0.324. The van der Waals surface area contributed by atoms with Crippen molar-refractivity contribution in [3.05, 3.63) is 0 Å². The average Bonchev–Trinajstić information content (AvgIpc) is 1.00. The van der Waals surface area contributed by atoms with Crippen LogP contribution < -0.4 is 0 Å². The first-order valence-corrected chi connectivity index (χ1v) is 1.84. The molecule has 1 radical (unpaired) electrons. The third kappa shape index (κ3) is 9.16. The van der Waals surface area contributed by atoms with E-state index in [1.54, 1.807) is 0 Å². The molecule has 0 amide bonds. The van der Waals surface area contributed by atoms with Gasteiger partial charge >= 0.3 is 0 Å². The van der Waals surface area contributed by atoms with Crippen LogP contribution in [0.2, 0.25) is 0 Å². The summed E-state index contributed by atoms with van der Waals surface area (Å²) in [5.74, 6) is 0. The van der Waals surface area contributed by atoms with Crippen LogP contribution in [0.15, 0.2) is 0 Å². The minimum atomic E-state index is 0. The summed E-state index contributed by atoms with van der Waals surface area (Å²) in [4.78, 5) is 0. The largest absolute Gasteiger partial charge is 0.0615 e. The van der Waals surface area contributed by atoms with E-state index in [4.69, 9.17) is 0 Å². The Labute approximate surface area is 60.0 Å². The molecule has 0 aromatic heterocycles. The Morgan fingerprint density at radius 3 is 1.25 bits per heavy atom. The van der Waals surface area contributed by atoms with Gasteiger partial charge in [-0.25, -0.2) is 0 Å². The summed E-state index contributed by atoms with van der Waals surface area (Å²) < 4.78 is 0. The Bertz CT molecular complexity index is 8.00. The molecule has 0 N–H and O–H groups in total. The maximum atomic E-state index is 3.89.